The third-order valence-corrected chi connectivity index (χ3v) is 5.56. The molecule has 2 aliphatic rings. The molecular formula is C17H27ClN6O. The third kappa shape index (κ3) is 4.15. The number of carbonyl (C=O) groups is 1. The van der Waals surface area contributed by atoms with Gasteiger partial charge in [0.1, 0.15) is 12.0 Å². The van der Waals surface area contributed by atoms with Crippen LogP contribution in [0, 0.1) is 0 Å². The van der Waals surface area contributed by atoms with Crippen molar-refractivity contribution in [2.75, 3.05) is 43.4 Å². The van der Waals surface area contributed by atoms with Gasteiger partial charge in [0, 0.05) is 39.3 Å². The molecule has 0 spiro atoms. The minimum Gasteiger partial charge on any atom is -0.383 e. The number of amides is 1. The Hall–Kier alpha value is -1.60. The first-order valence-electron chi connectivity index (χ1n) is 9.07. The van der Waals surface area contributed by atoms with Gasteiger partial charge in [-0.25, -0.2) is 9.97 Å². The number of aromatic nitrogens is 2. The highest BCUT2D eigenvalue weighted by molar-refractivity contribution is 6.32. The molecule has 7 nitrogen and oxygen atoms in total. The molecule has 1 aromatic heterocycles. The SMILES string of the molecule is CNc1c(Cl)ncnc1N1CCN(C(C)C(=O)NC2CCCC2)CC1. The molecule has 2 N–H and O–H groups in total. The van der Waals surface area contributed by atoms with E-state index in [9.17, 15) is 4.79 Å². The lowest BCUT2D eigenvalue weighted by molar-refractivity contribution is -0.126. The molecule has 1 atom stereocenters. The van der Waals surface area contributed by atoms with Crippen molar-refractivity contribution in [1.29, 1.82) is 0 Å². The number of nitrogens with one attached hydrogen (secondary N) is 2. The average Bonchev–Trinajstić information content (AvgIpc) is 3.14. The molecule has 0 aromatic carbocycles. The molecule has 2 heterocycles. The Morgan fingerprint density at radius 3 is 2.56 bits per heavy atom. The summed E-state index contributed by atoms with van der Waals surface area (Å²) in [7, 11) is 1.82. The molecule has 0 bridgehead atoms. The quantitative estimate of drug-likeness (QED) is 0.773. The van der Waals surface area contributed by atoms with Crippen LogP contribution >= 0.6 is 11.6 Å². The van der Waals surface area contributed by atoms with Crippen LogP contribution in [0.25, 0.3) is 0 Å². The first kappa shape index (κ1) is 18.2. The summed E-state index contributed by atoms with van der Waals surface area (Å²) in [6.45, 7) is 5.26. The lowest BCUT2D eigenvalue weighted by Gasteiger charge is -2.38. The standard InChI is InChI=1S/C17H27ClN6O/c1-12(17(25)22-13-5-3-4-6-13)23-7-9-24(10-8-23)16-14(19-2)15(18)20-11-21-16/h11-13,19H,3-10H2,1-2H3,(H,22,25). The van der Waals surface area contributed by atoms with E-state index in [4.69, 9.17) is 11.6 Å². The van der Waals surface area contributed by atoms with E-state index in [1.54, 1.807) is 0 Å². The van der Waals surface area contributed by atoms with Gasteiger partial charge in [0.25, 0.3) is 0 Å². The van der Waals surface area contributed by atoms with Crippen LogP contribution in [0.3, 0.4) is 0 Å². The molecule has 1 aliphatic heterocycles. The molecule has 1 saturated heterocycles. The maximum Gasteiger partial charge on any atom is 0.237 e. The fourth-order valence-corrected chi connectivity index (χ4v) is 3.91. The molecule has 25 heavy (non-hydrogen) atoms. The number of rotatable bonds is 5. The number of anilines is 2. The monoisotopic (exact) mass is 366 g/mol. The maximum atomic E-state index is 12.5. The van der Waals surface area contributed by atoms with Gasteiger partial charge in [-0.2, -0.15) is 0 Å². The van der Waals surface area contributed by atoms with E-state index in [-0.39, 0.29) is 11.9 Å². The summed E-state index contributed by atoms with van der Waals surface area (Å²) in [5, 5.41) is 6.71. The molecule has 3 rings (SSSR count). The van der Waals surface area contributed by atoms with Crippen molar-refractivity contribution in [3.63, 3.8) is 0 Å². The van der Waals surface area contributed by atoms with E-state index in [0.717, 1.165) is 50.5 Å². The van der Waals surface area contributed by atoms with E-state index in [2.05, 4.69) is 30.4 Å². The predicted molar refractivity (Wildman–Crippen MR) is 100 cm³/mol. The molecular weight excluding hydrogens is 340 g/mol. The number of nitrogens with zero attached hydrogens (tertiary/aromatic N) is 4. The highest BCUT2D eigenvalue weighted by atomic mass is 35.5. The Morgan fingerprint density at radius 1 is 1.24 bits per heavy atom. The summed E-state index contributed by atoms with van der Waals surface area (Å²) in [4.78, 5) is 25.3. The van der Waals surface area contributed by atoms with Gasteiger partial charge in [-0.3, -0.25) is 9.69 Å². The van der Waals surface area contributed by atoms with Gasteiger partial charge >= 0.3 is 0 Å². The highest BCUT2D eigenvalue weighted by Crippen LogP contribution is 2.29. The van der Waals surface area contributed by atoms with Crippen LogP contribution in [-0.4, -0.2) is 66.1 Å². The second-order valence-corrected chi connectivity index (χ2v) is 7.16. The number of hydrogen-bond donors (Lipinski definition) is 2. The fourth-order valence-electron chi connectivity index (χ4n) is 3.69. The smallest absolute Gasteiger partial charge is 0.237 e. The van der Waals surface area contributed by atoms with Crippen LogP contribution in [-0.2, 0) is 4.79 Å². The Labute approximate surface area is 154 Å². The number of carbonyl (C=O) groups excluding carboxylic acids is 1. The highest BCUT2D eigenvalue weighted by Gasteiger charge is 2.29. The van der Waals surface area contributed by atoms with Gasteiger partial charge in [-0.1, -0.05) is 24.4 Å². The maximum absolute atomic E-state index is 12.5. The normalized spacial score (nSPS) is 20.5. The first-order chi connectivity index (χ1) is 12.1. The largest absolute Gasteiger partial charge is 0.383 e. The van der Waals surface area contributed by atoms with E-state index < -0.39 is 0 Å². The zero-order valence-corrected chi connectivity index (χ0v) is 15.7. The molecule has 1 amide bonds. The summed E-state index contributed by atoms with van der Waals surface area (Å²) in [6, 6.07) is 0.276. The topological polar surface area (TPSA) is 73.4 Å². The molecule has 8 heteroatoms. The minimum atomic E-state index is -0.0968. The Bertz CT molecular complexity index is 599. The zero-order valence-electron chi connectivity index (χ0n) is 15.0. The van der Waals surface area contributed by atoms with Crippen LogP contribution in [0.4, 0.5) is 11.5 Å². The molecule has 138 valence electrons. The first-order valence-corrected chi connectivity index (χ1v) is 9.45. The van der Waals surface area contributed by atoms with E-state index in [1.807, 2.05) is 14.0 Å². The lowest BCUT2D eigenvalue weighted by Crippen LogP contribution is -2.55. The molecule has 1 saturated carbocycles. The average molecular weight is 367 g/mol. The van der Waals surface area contributed by atoms with Gasteiger partial charge in [0.15, 0.2) is 11.0 Å². The lowest BCUT2D eigenvalue weighted by atomic mass is 10.2. The van der Waals surface area contributed by atoms with Crippen LogP contribution < -0.4 is 15.5 Å². The van der Waals surface area contributed by atoms with Crippen LogP contribution in [0.15, 0.2) is 6.33 Å². The van der Waals surface area contributed by atoms with Crippen molar-refractivity contribution < 1.29 is 4.79 Å². The van der Waals surface area contributed by atoms with Gasteiger partial charge in [0.2, 0.25) is 5.91 Å². The number of halogens is 1. The van der Waals surface area contributed by atoms with Gasteiger partial charge in [-0.15, -0.1) is 0 Å². The van der Waals surface area contributed by atoms with Crippen molar-refractivity contribution in [1.82, 2.24) is 20.2 Å². The molecule has 1 aromatic rings. The number of piperazine rings is 1. The summed E-state index contributed by atoms with van der Waals surface area (Å²) in [5.41, 5.74) is 0.754. The summed E-state index contributed by atoms with van der Waals surface area (Å²) >= 11 is 6.15. The Kier molecular flexibility index (Phi) is 5.96. The predicted octanol–water partition coefficient (Wildman–Crippen LogP) is 1.74. The van der Waals surface area contributed by atoms with E-state index in [0.29, 0.717) is 11.2 Å². The third-order valence-electron chi connectivity index (χ3n) is 5.27. The summed E-state index contributed by atoms with van der Waals surface area (Å²) < 4.78 is 0. The van der Waals surface area contributed by atoms with E-state index >= 15 is 0 Å². The molecule has 2 fully saturated rings. The van der Waals surface area contributed by atoms with Crippen molar-refractivity contribution in [3.05, 3.63) is 11.5 Å². The van der Waals surface area contributed by atoms with Gasteiger partial charge < -0.3 is 15.5 Å². The van der Waals surface area contributed by atoms with Gasteiger partial charge in [-0.05, 0) is 19.8 Å². The fraction of sp³-hybridized carbons (Fsp3) is 0.706. The van der Waals surface area contributed by atoms with Crippen LogP contribution in [0.1, 0.15) is 32.6 Å². The summed E-state index contributed by atoms with van der Waals surface area (Å²) in [5.74, 6) is 0.978. The van der Waals surface area contributed by atoms with Crippen LogP contribution in [0.5, 0.6) is 0 Å². The van der Waals surface area contributed by atoms with Crippen molar-refractivity contribution in [3.8, 4) is 0 Å². The molecule has 0 radical (unpaired) electrons. The van der Waals surface area contributed by atoms with Crippen molar-refractivity contribution in [2.45, 2.75) is 44.7 Å². The zero-order chi connectivity index (χ0) is 17.8. The second kappa shape index (κ2) is 8.19. The van der Waals surface area contributed by atoms with Gasteiger partial charge in [0.05, 0.1) is 6.04 Å². The second-order valence-electron chi connectivity index (χ2n) is 6.80. The minimum absolute atomic E-state index is 0.0968. The van der Waals surface area contributed by atoms with Crippen LogP contribution in [0.2, 0.25) is 5.15 Å². The van der Waals surface area contributed by atoms with E-state index in [1.165, 1.54) is 19.2 Å². The summed E-state index contributed by atoms with van der Waals surface area (Å²) in [6.07, 6.45) is 6.18. The Balaban J connectivity index is 1.56. The molecule has 1 aliphatic carbocycles. The molecule has 1 unspecified atom stereocenters. The van der Waals surface area contributed by atoms with Crippen molar-refractivity contribution in [2.24, 2.45) is 0 Å². The number of hydrogen-bond acceptors (Lipinski definition) is 6. The van der Waals surface area contributed by atoms with Crippen molar-refractivity contribution >= 4 is 29.0 Å². The Morgan fingerprint density at radius 2 is 1.92 bits per heavy atom.